The number of nitrogens with one attached hydrogen (secondary N) is 1. The van der Waals surface area contributed by atoms with Crippen LogP contribution in [0.25, 0.3) is 17.0 Å². The zero-order valence-electron chi connectivity index (χ0n) is 16.5. The maximum Gasteiger partial charge on any atom is 0.416 e. The highest BCUT2D eigenvalue weighted by molar-refractivity contribution is 8.76. The molecule has 11 heteroatoms. The number of methoxy groups -OCH3 is 1. The van der Waals surface area contributed by atoms with E-state index in [1.54, 1.807) is 37.8 Å². The molecule has 0 fully saturated rings. The maximum atomic E-state index is 13.1. The van der Waals surface area contributed by atoms with E-state index < -0.39 is 11.7 Å². The third-order valence-electron chi connectivity index (χ3n) is 4.58. The monoisotopic (exact) mass is 464 g/mol. The summed E-state index contributed by atoms with van der Waals surface area (Å²) in [5.41, 5.74) is 1.85. The first kappa shape index (κ1) is 21.4. The first-order valence-electron chi connectivity index (χ1n) is 9.09. The standard InChI is InChI=1S/C20H17F3N5OS2/c1-12-16(11-30-31-19-24-7-3-8-25-19)28(9-6-17(12)29-2)18-26-14-5-4-13(20(21,22)23)10-15(14)27-18/h3-10H,11H2,1-2H3,(H,26,27)/q+1. The molecule has 0 saturated carbocycles. The van der Waals surface area contributed by atoms with E-state index in [9.17, 15) is 13.2 Å². The Kier molecular flexibility index (Phi) is 6.05. The van der Waals surface area contributed by atoms with Crippen molar-refractivity contribution in [1.29, 1.82) is 0 Å². The Bertz CT molecular complexity index is 1210. The van der Waals surface area contributed by atoms with Gasteiger partial charge in [-0.2, -0.15) is 13.2 Å². The second-order valence-corrected chi connectivity index (χ2v) is 8.76. The minimum atomic E-state index is -4.41. The number of hydrogen-bond donors (Lipinski definition) is 1. The number of pyridine rings is 1. The van der Waals surface area contributed by atoms with E-state index in [-0.39, 0.29) is 0 Å². The van der Waals surface area contributed by atoms with Crippen LogP contribution >= 0.6 is 21.6 Å². The number of alkyl halides is 3. The van der Waals surface area contributed by atoms with Crippen molar-refractivity contribution in [3.05, 3.63) is 65.7 Å². The number of aromatic amines is 1. The number of H-pyrrole nitrogens is 1. The van der Waals surface area contributed by atoms with Crippen LogP contribution in [0.5, 0.6) is 5.75 Å². The van der Waals surface area contributed by atoms with E-state index in [1.807, 2.05) is 11.5 Å². The molecule has 0 aliphatic rings. The van der Waals surface area contributed by atoms with Gasteiger partial charge in [0.25, 0.3) is 0 Å². The van der Waals surface area contributed by atoms with Gasteiger partial charge in [-0.15, -0.1) is 0 Å². The smallest absolute Gasteiger partial charge is 0.416 e. The minimum Gasteiger partial charge on any atom is -0.496 e. The van der Waals surface area contributed by atoms with Crippen LogP contribution in [0, 0.1) is 6.92 Å². The van der Waals surface area contributed by atoms with Gasteiger partial charge in [-0.05, 0) is 42.0 Å². The number of ether oxygens (including phenoxy) is 1. The first-order chi connectivity index (χ1) is 14.9. The molecule has 1 N–H and O–H groups in total. The van der Waals surface area contributed by atoms with Crippen LogP contribution in [0.3, 0.4) is 0 Å². The van der Waals surface area contributed by atoms with Crippen LogP contribution in [0.15, 0.2) is 54.1 Å². The van der Waals surface area contributed by atoms with Crippen LogP contribution in [0.1, 0.15) is 16.8 Å². The number of fused-ring (bicyclic) bond motifs is 1. The fourth-order valence-electron chi connectivity index (χ4n) is 3.03. The van der Waals surface area contributed by atoms with E-state index in [1.165, 1.54) is 27.7 Å². The van der Waals surface area contributed by atoms with Crippen molar-refractivity contribution in [2.24, 2.45) is 0 Å². The van der Waals surface area contributed by atoms with Crippen molar-refractivity contribution in [3.63, 3.8) is 0 Å². The summed E-state index contributed by atoms with van der Waals surface area (Å²) in [6.45, 7) is 1.93. The van der Waals surface area contributed by atoms with Crippen molar-refractivity contribution in [2.45, 2.75) is 24.0 Å². The van der Waals surface area contributed by atoms with Crippen LogP contribution in [0.4, 0.5) is 13.2 Å². The second kappa shape index (κ2) is 8.75. The van der Waals surface area contributed by atoms with Crippen molar-refractivity contribution >= 4 is 32.6 Å². The molecule has 4 rings (SSSR count). The Hall–Kier alpha value is -2.79. The van der Waals surface area contributed by atoms with Crippen LogP contribution in [0.2, 0.25) is 0 Å². The lowest BCUT2D eigenvalue weighted by Crippen LogP contribution is -2.37. The maximum absolute atomic E-state index is 13.1. The Morgan fingerprint density at radius 2 is 1.94 bits per heavy atom. The number of aromatic nitrogens is 5. The van der Waals surface area contributed by atoms with Crippen LogP contribution in [-0.4, -0.2) is 27.0 Å². The quantitative estimate of drug-likeness (QED) is 0.249. The van der Waals surface area contributed by atoms with Crippen molar-refractivity contribution in [2.75, 3.05) is 7.11 Å². The normalized spacial score (nSPS) is 11.8. The lowest BCUT2D eigenvalue weighted by Gasteiger charge is -2.12. The average molecular weight is 465 g/mol. The molecule has 0 radical (unpaired) electrons. The van der Waals surface area contributed by atoms with Gasteiger partial charge in [-0.3, -0.25) is 0 Å². The summed E-state index contributed by atoms with van der Waals surface area (Å²) in [4.78, 5) is 15.9. The zero-order chi connectivity index (χ0) is 22.0. The molecule has 0 bridgehead atoms. The van der Waals surface area contributed by atoms with Crippen LogP contribution < -0.4 is 9.30 Å². The SMILES string of the molecule is COc1cc[n+](-c2nc3ccc(C(F)(F)F)cc3[nH]2)c(CSSc2ncccn2)c1C. The largest absolute Gasteiger partial charge is 0.496 e. The lowest BCUT2D eigenvalue weighted by atomic mass is 10.2. The number of hydrogen-bond acceptors (Lipinski definition) is 6. The summed E-state index contributed by atoms with van der Waals surface area (Å²) in [6.07, 6.45) is 0.725. The molecule has 1 aromatic carbocycles. The Morgan fingerprint density at radius 1 is 1.16 bits per heavy atom. The molecule has 4 aromatic rings. The van der Waals surface area contributed by atoms with Crippen molar-refractivity contribution in [3.8, 4) is 11.7 Å². The molecule has 0 atom stereocenters. The summed E-state index contributed by atoms with van der Waals surface area (Å²) in [5.74, 6) is 1.71. The Morgan fingerprint density at radius 3 is 2.65 bits per heavy atom. The van der Waals surface area contributed by atoms with Gasteiger partial charge in [0, 0.05) is 24.0 Å². The molecule has 0 saturated heterocycles. The zero-order valence-corrected chi connectivity index (χ0v) is 18.1. The van der Waals surface area contributed by atoms with Crippen molar-refractivity contribution < 1.29 is 22.5 Å². The van der Waals surface area contributed by atoms with Crippen molar-refractivity contribution in [1.82, 2.24) is 19.9 Å². The summed E-state index contributed by atoms with van der Waals surface area (Å²) >= 11 is 0. The summed E-state index contributed by atoms with van der Waals surface area (Å²) in [5, 5.41) is 0.642. The summed E-state index contributed by atoms with van der Waals surface area (Å²) in [7, 11) is 4.57. The molecular formula is C20H17F3N5OS2+. The van der Waals surface area contributed by atoms with Crippen LogP contribution in [-0.2, 0) is 11.9 Å². The van der Waals surface area contributed by atoms with Gasteiger partial charge in [-0.25, -0.2) is 19.5 Å². The highest BCUT2D eigenvalue weighted by atomic mass is 33.1. The molecule has 160 valence electrons. The topological polar surface area (TPSA) is 67.6 Å². The third kappa shape index (κ3) is 4.62. The lowest BCUT2D eigenvalue weighted by molar-refractivity contribution is -0.610. The van der Waals surface area contributed by atoms with Gasteiger partial charge < -0.3 is 4.74 Å². The molecule has 0 aliphatic heterocycles. The van der Waals surface area contributed by atoms with Gasteiger partial charge in [0.05, 0.1) is 24.6 Å². The first-order valence-corrected chi connectivity index (χ1v) is 11.4. The summed E-state index contributed by atoms with van der Waals surface area (Å²) in [6, 6.07) is 7.02. The van der Waals surface area contributed by atoms with Gasteiger partial charge >= 0.3 is 12.1 Å². The average Bonchev–Trinajstić information content (AvgIpc) is 3.18. The van der Waals surface area contributed by atoms with E-state index in [4.69, 9.17) is 4.74 Å². The third-order valence-corrected chi connectivity index (χ3v) is 6.61. The molecule has 6 nitrogen and oxygen atoms in total. The number of benzene rings is 1. The molecule has 0 amide bonds. The van der Waals surface area contributed by atoms with Gasteiger partial charge in [0.15, 0.2) is 10.7 Å². The Labute approximate surface area is 183 Å². The fourth-order valence-corrected chi connectivity index (χ4v) is 4.96. The van der Waals surface area contributed by atoms with Gasteiger partial charge in [0.1, 0.15) is 17.0 Å². The van der Waals surface area contributed by atoms with Gasteiger partial charge in [-0.1, -0.05) is 15.8 Å². The number of imidazole rings is 1. The van der Waals surface area contributed by atoms with E-state index in [2.05, 4.69) is 19.9 Å². The molecule has 3 aromatic heterocycles. The number of nitrogens with zero attached hydrogens (tertiary/aromatic N) is 4. The fraction of sp³-hybridized carbons (Fsp3) is 0.200. The number of rotatable bonds is 6. The second-order valence-electron chi connectivity index (χ2n) is 6.49. The molecular weight excluding hydrogens is 447 g/mol. The highest BCUT2D eigenvalue weighted by Gasteiger charge is 2.31. The van der Waals surface area contributed by atoms with E-state index >= 15 is 0 Å². The predicted octanol–water partition coefficient (Wildman–Crippen LogP) is 4.91. The molecule has 0 aliphatic carbocycles. The highest BCUT2D eigenvalue weighted by Crippen LogP contribution is 2.33. The molecule has 31 heavy (non-hydrogen) atoms. The predicted molar refractivity (Wildman–Crippen MR) is 113 cm³/mol. The summed E-state index contributed by atoms with van der Waals surface area (Å²) < 4.78 is 46.4. The van der Waals surface area contributed by atoms with Gasteiger partial charge in [0.2, 0.25) is 0 Å². The molecule has 3 heterocycles. The minimum absolute atomic E-state index is 0.316. The molecule has 0 unspecified atom stereocenters. The number of halogens is 3. The molecule has 0 spiro atoms. The van der Waals surface area contributed by atoms with E-state index in [0.29, 0.717) is 33.6 Å². The van der Waals surface area contributed by atoms with E-state index in [0.717, 1.165) is 23.4 Å². The Balaban J connectivity index is 1.69.